The molecular formula is C10H12ClN5O. The molecule has 0 bridgehead atoms. The third-order valence-electron chi connectivity index (χ3n) is 3.32. The van der Waals surface area contributed by atoms with Crippen molar-refractivity contribution in [1.29, 1.82) is 0 Å². The largest absolute Gasteiger partial charge is 0.368 e. The molecule has 0 saturated carbocycles. The van der Waals surface area contributed by atoms with E-state index < -0.39 is 0 Å². The predicted octanol–water partition coefficient (Wildman–Crippen LogP) is 0.657. The molecule has 1 unspecified atom stereocenters. The Labute approximate surface area is 103 Å². The number of hydrogen-bond donors (Lipinski definition) is 1. The molecule has 1 atom stereocenters. The Balaban J connectivity index is 2.23. The van der Waals surface area contributed by atoms with Crippen molar-refractivity contribution in [3.05, 3.63) is 5.15 Å². The number of halogens is 1. The predicted molar refractivity (Wildman–Crippen MR) is 65.2 cm³/mol. The van der Waals surface area contributed by atoms with Gasteiger partial charge in [0.05, 0.1) is 0 Å². The van der Waals surface area contributed by atoms with Crippen LogP contribution in [-0.2, 0) is 4.79 Å². The Bertz CT molecular complexity index is 506. The van der Waals surface area contributed by atoms with E-state index in [1.807, 2.05) is 4.90 Å². The zero-order chi connectivity index (χ0) is 12.2. The van der Waals surface area contributed by atoms with Gasteiger partial charge in [-0.1, -0.05) is 11.6 Å². The van der Waals surface area contributed by atoms with Crippen molar-refractivity contribution in [2.24, 2.45) is 0 Å². The van der Waals surface area contributed by atoms with E-state index in [1.54, 1.807) is 7.05 Å². The quantitative estimate of drug-likeness (QED) is 0.688. The SMILES string of the molecule is CN1C(=O)C2CCCN2c2nc(N)nc(Cl)c21. The number of nitrogens with two attached hydrogens (primary N) is 1. The van der Waals surface area contributed by atoms with Gasteiger partial charge < -0.3 is 15.5 Å². The van der Waals surface area contributed by atoms with Crippen LogP contribution in [-0.4, -0.2) is 35.5 Å². The molecule has 2 N–H and O–H groups in total. The number of rotatable bonds is 0. The lowest BCUT2D eigenvalue weighted by atomic mass is 10.1. The van der Waals surface area contributed by atoms with Crippen LogP contribution in [0, 0.1) is 0 Å². The summed E-state index contributed by atoms with van der Waals surface area (Å²) >= 11 is 6.05. The number of amides is 1. The van der Waals surface area contributed by atoms with Crippen LogP contribution in [0.25, 0.3) is 0 Å². The number of carbonyl (C=O) groups excluding carboxylic acids is 1. The Morgan fingerprint density at radius 3 is 3.00 bits per heavy atom. The van der Waals surface area contributed by atoms with E-state index in [9.17, 15) is 4.79 Å². The first-order chi connectivity index (χ1) is 8.09. The zero-order valence-electron chi connectivity index (χ0n) is 9.35. The average Bonchev–Trinajstić information content (AvgIpc) is 2.74. The molecule has 1 aromatic heterocycles. The molecule has 2 aliphatic rings. The molecule has 1 amide bonds. The molecule has 90 valence electrons. The number of nitrogen functional groups attached to an aromatic ring is 1. The minimum absolute atomic E-state index is 0.0465. The molecule has 1 saturated heterocycles. The maximum Gasteiger partial charge on any atom is 0.249 e. The molecule has 3 heterocycles. The van der Waals surface area contributed by atoms with Crippen LogP contribution in [0.4, 0.5) is 17.5 Å². The first-order valence-electron chi connectivity index (χ1n) is 5.47. The summed E-state index contributed by atoms with van der Waals surface area (Å²) in [6.45, 7) is 0.810. The molecule has 0 spiro atoms. The molecule has 17 heavy (non-hydrogen) atoms. The zero-order valence-corrected chi connectivity index (χ0v) is 10.1. The topological polar surface area (TPSA) is 75.4 Å². The fraction of sp³-hybridized carbons (Fsp3) is 0.500. The second-order valence-electron chi connectivity index (χ2n) is 4.29. The summed E-state index contributed by atoms with van der Waals surface area (Å²) in [5, 5.41) is 0.230. The van der Waals surface area contributed by atoms with E-state index >= 15 is 0 Å². The molecule has 7 heteroatoms. The molecular weight excluding hydrogens is 242 g/mol. The Morgan fingerprint density at radius 2 is 2.24 bits per heavy atom. The standard InChI is InChI=1S/C10H12ClN5O/c1-15-6-7(11)13-10(12)14-8(6)16-4-2-3-5(16)9(15)17/h5H,2-4H2,1H3,(H2,12,13,14). The number of likely N-dealkylation sites (N-methyl/N-ethyl adjacent to an activating group) is 1. The van der Waals surface area contributed by atoms with Gasteiger partial charge in [0, 0.05) is 13.6 Å². The monoisotopic (exact) mass is 253 g/mol. The molecule has 3 rings (SSSR count). The van der Waals surface area contributed by atoms with Gasteiger partial charge in [0.2, 0.25) is 11.9 Å². The van der Waals surface area contributed by atoms with Crippen LogP contribution in [0.2, 0.25) is 5.15 Å². The third kappa shape index (κ3) is 1.37. The summed E-state index contributed by atoms with van der Waals surface area (Å²) in [5.74, 6) is 0.861. The van der Waals surface area contributed by atoms with Crippen LogP contribution in [0.1, 0.15) is 12.8 Å². The molecule has 1 fully saturated rings. The van der Waals surface area contributed by atoms with Crippen molar-refractivity contribution in [3.63, 3.8) is 0 Å². The van der Waals surface area contributed by atoms with Gasteiger partial charge in [-0.05, 0) is 12.8 Å². The van der Waals surface area contributed by atoms with Gasteiger partial charge >= 0.3 is 0 Å². The van der Waals surface area contributed by atoms with Crippen molar-refractivity contribution < 1.29 is 4.79 Å². The molecule has 0 aromatic carbocycles. The summed E-state index contributed by atoms with van der Waals surface area (Å²) in [5.41, 5.74) is 6.17. The van der Waals surface area contributed by atoms with E-state index in [-0.39, 0.29) is 23.1 Å². The number of nitrogens with zero attached hydrogens (tertiary/aromatic N) is 4. The highest BCUT2D eigenvalue weighted by atomic mass is 35.5. The summed E-state index contributed by atoms with van der Waals surface area (Å²) < 4.78 is 0. The van der Waals surface area contributed by atoms with Gasteiger partial charge in [0.1, 0.15) is 11.7 Å². The number of aromatic nitrogens is 2. The third-order valence-corrected chi connectivity index (χ3v) is 3.58. The van der Waals surface area contributed by atoms with Crippen molar-refractivity contribution in [3.8, 4) is 0 Å². The molecule has 0 aliphatic carbocycles. The van der Waals surface area contributed by atoms with E-state index in [1.165, 1.54) is 4.90 Å². The highest BCUT2D eigenvalue weighted by Gasteiger charge is 2.41. The lowest BCUT2D eigenvalue weighted by molar-refractivity contribution is -0.119. The number of carbonyl (C=O) groups is 1. The Kier molecular flexibility index (Phi) is 2.16. The highest BCUT2D eigenvalue weighted by Crippen LogP contribution is 2.41. The van der Waals surface area contributed by atoms with E-state index in [2.05, 4.69) is 9.97 Å². The minimum atomic E-state index is -0.127. The molecule has 2 aliphatic heterocycles. The number of hydrogen-bond acceptors (Lipinski definition) is 5. The molecule has 6 nitrogen and oxygen atoms in total. The maximum atomic E-state index is 12.1. The van der Waals surface area contributed by atoms with Crippen LogP contribution in [0.15, 0.2) is 0 Å². The van der Waals surface area contributed by atoms with Crippen molar-refractivity contribution in [1.82, 2.24) is 9.97 Å². The summed E-state index contributed by atoms with van der Waals surface area (Å²) in [7, 11) is 1.70. The number of fused-ring (bicyclic) bond motifs is 3. The van der Waals surface area contributed by atoms with Crippen molar-refractivity contribution in [2.75, 3.05) is 29.1 Å². The maximum absolute atomic E-state index is 12.1. The summed E-state index contributed by atoms with van der Waals surface area (Å²) in [6, 6.07) is -0.127. The number of anilines is 3. The molecule has 0 radical (unpaired) electrons. The van der Waals surface area contributed by atoms with Gasteiger partial charge in [0.25, 0.3) is 0 Å². The Hall–Kier alpha value is -1.56. The first-order valence-corrected chi connectivity index (χ1v) is 5.84. The van der Waals surface area contributed by atoms with Crippen LogP contribution in [0.5, 0.6) is 0 Å². The van der Waals surface area contributed by atoms with Gasteiger partial charge in [-0.2, -0.15) is 9.97 Å². The van der Waals surface area contributed by atoms with Crippen LogP contribution in [0.3, 0.4) is 0 Å². The second kappa shape index (κ2) is 3.46. The molecule has 1 aromatic rings. The van der Waals surface area contributed by atoms with E-state index in [4.69, 9.17) is 17.3 Å². The van der Waals surface area contributed by atoms with Crippen LogP contribution < -0.4 is 15.5 Å². The lowest BCUT2D eigenvalue weighted by Gasteiger charge is -2.36. The van der Waals surface area contributed by atoms with Crippen molar-refractivity contribution in [2.45, 2.75) is 18.9 Å². The average molecular weight is 254 g/mol. The summed E-state index contributed by atoms with van der Waals surface area (Å²) in [4.78, 5) is 23.8. The fourth-order valence-corrected chi connectivity index (χ4v) is 2.83. The van der Waals surface area contributed by atoms with Gasteiger partial charge in [0.15, 0.2) is 11.0 Å². The van der Waals surface area contributed by atoms with Crippen molar-refractivity contribution >= 4 is 35.0 Å². The highest BCUT2D eigenvalue weighted by molar-refractivity contribution is 6.33. The Morgan fingerprint density at radius 1 is 1.47 bits per heavy atom. The smallest absolute Gasteiger partial charge is 0.249 e. The normalized spacial score (nSPS) is 22.7. The van der Waals surface area contributed by atoms with E-state index in [0.29, 0.717) is 11.5 Å². The first kappa shape index (κ1) is 10.6. The second-order valence-corrected chi connectivity index (χ2v) is 4.65. The van der Waals surface area contributed by atoms with Gasteiger partial charge in [-0.3, -0.25) is 4.79 Å². The van der Waals surface area contributed by atoms with Gasteiger partial charge in [-0.25, -0.2) is 0 Å². The lowest BCUT2D eigenvalue weighted by Crippen LogP contribution is -2.49. The van der Waals surface area contributed by atoms with Gasteiger partial charge in [-0.15, -0.1) is 0 Å². The minimum Gasteiger partial charge on any atom is -0.368 e. The summed E-state index contributed by atoms with van der Waals surface area (Å²) in [6.07, 6.45) is 1.83. The fourth-order valence-electron chi connectivity index (χ4n) is 2.53. The van der Waals surface area contributed by atoms with E-state index in [0.717, 1.165) is 19.4 Å². The van der Waals surface area contributed by atoms with Crippen LogP contribution >= 0.6 is 11.6 Å².